The summed E-state index contributed by atoms with van der Waals surface area (Å²) in [5.41, 5.74) is 1.37. The molecule has 4 nitrogen and oxygen atoms in total. The number of carbonyl (C=O) groups excluding carboxylic acids is 1. The van der Waals surface area contributed by atoms with Crippen LogP contribution in [-0.4, -0.2) is 20.1 Å². The molecule has 2 aromatic rings. The number of anilines is 1. The summed E-state index contributed by atoms with van der Waals surface area (Å²) in [6.45, 7) is 2.13. The quantitative estimate of drug-likeness (QED) is 0.878. The lowest BCUT2D eigenvalue weighted by Gasteiger charge is -2.10. The number of rotatable bonds is 6. The molecule has 0 unspecified atom stereocenters. The lowest BCUT2D eigenvalue weighted by Crippen LogP contribution is -2.11. The van der Waals surface area contributed by atoms with Crippen LogP contribution >= 0.6 is 11.3 Å². The van der Waals surface area contributed by atoms with Crippen molar-refractivity contribution < 1.29 is 14.3 Å². The van der Waals surface area contributed by atoms with Crippen LogP contribution in [0.1, 0.15) is 28.6 Å². The number of thiophene rings is 1. The molecule has 0 bridgehead atoms. The average molecular weight is 305 g/mol. The van der Waals surface area contributed by atoms with Gasteiger partial charge in [-0.1, -0.05) is 13.3 Å². The van der Waals surface area contributed by atoms with Crippen LogP contribution < -0.4 is 14.8 Å². The number of carbonyl (C=O) groups is 1. The highest BCUT2D eigenvalue weighted by atomic mass is 32.1. The van der Waals surface area contributed by atoms with Gasteiger partial charge in [-0.05, 0) is 24.6 Å². The number of hydrogen-bond acceptors (Lipinski definition) is 4. The highest BCUT2D eigenvalue weighted by Crippen LogP contribution is 2.30. The van der Waals surface area contributed by atoms with E-state index in [2.05, 4.69) is 12.2 Å². The summed E-state index contributed by atoms with van der Waals surface area (Å²) in [6, 6.07) is 7.25. The molecule has 0 fully saturated rings. The van der Waals surface area contributed by atoms with E-state index >= 15 is 0 Å². The maximum absolute atomic E-state index is 12.2. The van der Waals surface area contributed by atoms with Crippen LogP contribution in [0.25, 0.3) is 0 Å². The number of aryl methyl sites for hydroxylation is 1. The van der Waals surface area contributed by atoms with Gasteiger partial charge in [-0.3, -0.25) is 4.79 Å². The Hall–Kier alpha value is -2.01. The molecule has 112 valence electrons. The third-order valence-corrected chi connectivity index (χ3v) is 4.05. The fraction of sp³-hybridized carbons (Fsp3) is 0.312. The van der Waals surface area contributed by atoms with Crippen LogP contribution in [0.15, 0.2) is 29.6 Å². The third-order valence-electron chi connectivity index (χ3n) is 3.05. The maximum atomic E-state index is 12.2. The van der Waals surface area contributed by atoms with Crippen molar-refractivity contribution in [2.24, 2.45) is 0 Å². The second-order valence-corrected chi connectivity index (χ2v) is 5.57. The zero-order valence-corrected chi connectivity index (χ0v) is 13.3. The molecule has 1 N–H and O–H groups in total. The van der Waals surface area contributed by atoms with E-state index in [1.165, 1.54) is 4.88 Å². The standard InChI is InChI=1S/C16H19NO3S/c1-4-5-13-8-11(10-21-13)16(18)17-12-6-7-14(19-2)15(9-12)20-3/h6-10H,4-5H2,1-3H3,(H,17,18). The first-order chi connectivity index (χ1) is 10.2. The molecule has 0 atom stereocenters. The number of hydrogen-bond donors (Lipinski definition) is 1. The summed E-state index contributed by atoms with van der Waals surface area (Å²) in [6.07, 6.45) is 2.09. The van der Waals surface area contributed by atoms with E-state index in [0.29, 0.717) is 22.7 Å². The molecule has 0 aliphatic rings. The SMILES string of the molecule is CCCc1cc(C(=O)Nc2ccc(OC)c(OC)c2)cs1. The summed E-state index contributed by atoms with van der Waals surface area (Å²) in [5, 5.41) is 4.76. The fourth-order valence-corrected chi connectivity index (χ4v) is 2.96. The normalized spacial score (nSPS) is 10.2. The molecule has 21 heavy (non-hydrogen) atoms. The lowest BCUT2D eigenvalue weighted by atomic mass is 10.2. The Kier molecular flexibility index (Phi) is 5.22. The van der Waals surface area contributed by atoms with Gasteiger partial charge in [-0.15, -0.1) is 11.3 Å². The number of nitrogens with one attached hydrogen (secondary N) is 1. The minimum absolute atomic E-state index is 0.110. The van der Waals surface area contributed by atoms with E-state index < -0.39 is 0 Å². The lowest BCUT2D eigenvalue weighted by molar-refractivity contribution is 0.102. The van der Waals surface area contributed by atoms with Crippen molar-refractivity contribution in [3.8, 4) is 11.5 Å². The van der Waals surface area contributed by atoms with Gasteiger partial charge in [0.25, 0.3) is 5.91 Å². The Morgan fingerprint density at radius 2 is 1.95 bits per heavy atom. The maximum Gasteiger partial charge on any atom is 0.256 e. The Labute approximate surface area is 128 Å². The number of amides is 1. The van der Waals surface area contributed by atoms with E-state index in [-0.39, 0.29) is 5.91 Å². The van der Waals surface area contributed by atoms with Crippen LogP contribution in [0.4, 0.5) is 5.69 Å². The molecular formula is C16H19NO3S. The van der Waals surface area contributed by atoms with E-state index in [9.17, 15) is 4.79 Å². The van der Waals surface area contributed by atoms with Gasteiger partial charge in [0.15, 0.2) is 11.5 Å². The second kappa shape index (κ2) is 7.13. The van der Waals surface area contributed by atoms with Crippen molar-refractivity contribution in [2.45, 2.75) is 19.8 Å². The van der Waals surface area contributed by atoms with Gasteiger partial charge < -0.3 is 14.8 Å². The van der Waals surface area contributed by atoms with Gasteiger partial charge in [0, 0.05) is 22.0 Å². The predicted octanol–water partition coefficient (Wildman–Crippen LogP) is 3.97. The van der Waals surface area contributed by atoms with E-state index in [4.69, 9.17) is 9.47 Å². The van der Waals surface area contributed by atoms with Crippen LogP contribution in [0.2, 0.25) is 0 Å². The Bertz CT molecular complexity index is 622. The van der Waals surface area contributed by atoms with E-state index in [1.807, 2.05) is 11.4 Å². The van der Waals surface area contributed by atoms with Crippen LogP contribution in [0, 0.1) is 0 Å². The van der Waals surface area contributed by atoms with Crippen molar-refractivity contribution in [1.82, 2.24) is 0 Å². The third kappa shape index (κ3) is 3.76. The summed E-state index contributed by atoms with van der Waals surface area (Å²) >= 11 is 1.62. The van der Waals surface area contributed by atoms with Crippen molar-refractivity contribution >= 4 is 22.9 Å². The second-order valence-electron chi connectivity index (χ2n) is 4.58. The van der Waals surface area contributed by atoms with Gasteiger partial charge in [-0.25, -0.2) is 0 Å². The topological polar surface area (TPSA) is 47.6 Å². The van der Waals surface area contributed by atoms with Crippen molar-refractivity contribution in [3.63, 3.8) is 0 Å². The minimum Gasteiger partial charge on any atom is -0.493 e. The zero-order chi connectivity index (χ0) is 15.2. The van der Waals surface area contributed by atoms with E-state index in [1.54, 1.807) is 43.8 Å². The van der Waals surface area contributed by atoms with Gasteiger partial charge in [-0.2, -0.15) is 0 Å². The Morgan fingerprint density at radius 1 is 1.19 bits per heavy atom. The molecule has 5 heteroatoms. The molecule has 1 heterocycles. The Balaban J connectivity index is 2.11. The van der Waals surface area contributed by atoms with Crippen LogP contribution in [-0.2, 0) is 6.42 Å². The van der Waals surface area contributed by atoms with Gasteiger partial charge in [0.1, 0.15) is 0 Å². The molecule has 2 rings (SSSR count). The van der Waals surface area contributed by atoms with Gasteiger partial charge >= 0.3 is 0 Å². The van der Waals surface area contributed by atoms with Crippen molar-refractivity contribution in [2.75, 3.05) is 19.5 Å². The molecular weight excluding hydrogens is 286 g/mol. The molecule has 0 aliphatic carbocycles. The molecule has 1 amide bonds. The average Bonchev–Trinajstić information content (AvgIpc) is 2.96. The first kappa shape index (κ1) is 15.4. The number of ether oxygens (including phenoxy) is 2. The molecule has 1 aromatic heterocycles. The van der Waals surface area contributed by atoms with Gasteiger partial charge in [0.05, 0.1) is 19.8 Å². The first-order valence-electron chi connectivity index (χ1n) is 6.78. The zero-order valence-electron chi connectivity index (χ0n) is 12.4. The Morgan fingerprint density at radius 3 is 2.62 bits per heavy atom. The molecule has 0 spiro atoms. The monoisotopic (exact) mass is 305 g/mol. The molecule has 0 radical (unpaired) electrons. The highest BCUT2D eigenvalue weighted by Gasteiger charge is 2.11. The summed E-state index contributed by atoms with van der Waals surface area (Å²) in [5.74, 6) is 1.12. The summed E-state index contributed by atoms with van der Waals surface area (Å²) in [4.78, 5) is 13.4. The molecule has 0 saturated heterocycles. The van der Waals surface area contributed by atoms with E-state index in [0.717, 1.165) is 12.8 Å². The minimum atomic E-state index is -0.110. The fourth-order valence-electron chi connectivity index (χ4n) is 1.99. The smallest absolute Gasteiger partial charge is 0.256 e. The molecule has 1 aromatic carbocycles. The summed E-state index contributed by atoms with van der Waals surface area (Å²) < 4.78 is 10.4. The number of methoxy groups -OCH3 is 2. The summed E-state index contributed by atoms with van der Waals surface area (Å²) in [7, 11) is 3.15. The molecule has 0 saturated carbocycles. The largest absolute Gasteiger partial charge is 0.493 e. The van der Waals surface area contributed by atoms with Crippen LogP contribution in [0.5, 0.6) is 11.5 Å². The van der Waals surface area contributed by atoms with Crippen LogP contribution in [0.3, 0.4) is 0 Å². The number of benzene rings is 1. The first-order valence-corrected chi connectivity index (χ1v) is 7.66. The van der Waals surface area contributed by atoms with Crippen molar-refractivity contribution in [3.05, 3.63) is 40.1 Å². The molecule has 0 aliphatic heterocycles. The van der Waals surface area contributed by atoms with Crippen molar-refractivity contribution in [1.29, 1.82) is 0 Å². The highest BCUT2D eigenvalue weighted by molar-refractivity contribution is 7.10. The predicted molar refractivity (Wildman–Crippen MR) is 85.8 cm³/mol. The van der Waals surface area contributed by atoms with Gasteiger partial charge in [0.2, 0.25) is 0 Å².